The largest absolute Gasteiger partial charge is 0.396 e. The SMILES string of the molecule is CC(O)(CCCO)c1ccc(Cl)c(Cl)c1. The van der Waals surface area contributed by atoms with Crippen molar-refractivity contribution in [2.24, 2.45) is 0 Å². The highest BCUT2D eigenvalue weighted by molar-refractivity contribution is 6.42. The van der Waals surface area contributed by atoms with Gasteiger partial charge in [-0.2, -0.15) is 0 Å². The first kappa shape index (κ1) is 12.8. The van der Waals surface area contributed by atoms with Gasteiger partial charge in [-0.05, 0) is 37.5 Å². The van der Waals surface area contributed by atoms with Crippen LogP contribution in [0.4, 0.5) is 0 Å². The fourth-order valence-electron chi connectivity index (χ4n) is 1.40. The van der Waals surface area contributed by atoms with E-state index in [9.17, 15) is 5.11 Å². The van der Waals surface area contributed by atoms with E-state index in [2.05, 4.69) is 0 Å². The van der Waals surface area contributed by atoms with Gasteiger partial charge in [-0.1, -0.05) is 29.3 Å². The first-order valence-corrected chi connectivity index (χ1v) is 5.52. The molecule has 1 unspecified atom stereocenters. The van der Waals surface area contributed by atoms with Gasteiger partial charge in [0.2, 0.25) is 0 Å². The number of rotatable bonds is 4. The fourth-order valence-corrected chi connectivity index (χ4v) is 1.70. The third-order valence-electron chi connectivity index (χ3n) is 2.36. The Morgan fingerprint density at radius 1 is 1.27 bits per heavy atom. The van der Waals surface area contributed by atoms with Crippen LogP contribution in [0, 0.1) is 0 Å². The first-order chi connectivity index (χ1) is 6.97. The quantitative estimate of drug-likeness (QED) is 0.861. The summed E-state index contributed by atoms with van der Waals surface area (Å²) in [6.07, 6.45) is 1.04. The van der Waals surface area contributed by atoms with Crippen molar-refractivity contribution in [2.75, 3.05) is 6.61 Å². The van der Waals surface area contributed by atoms with Crippen LogP contribution in [-0.2, 0) is 5.60 Å². The molecule has 0 amide bonds. The second kappa shape index (κ2) is 5.17. The van der Waals surface area contributed by atoms with Crippen molar-refractivity contribution >= 4 is 23.2 Å². The first-order valence-electron chi connectivity index (χ1n) is 4.76. The summed E-state index contributed by atoms with van der Waals surface area (Å²) < 4.78 is 0. The van der Waals surface area contributed by atoms with Crippen molar-refractivity contribution in [1.29, 1.82) is 0 Å². The highest BCUT2D eigenvalue weighted by Crippen LogP contribution is 2.31. The van der Waals surface area contributed by atoms with Gasteiger partial charge in [-0.3, -0.25) is 0 Å². The minimum Gasteiger partial charge on any atom is -0.396 e. The van der Waals surface area contributed by atoms with Gasteiger partial charge >= 0.3 is 0 Å². The van der Waals surface area contributed by atoms with Gasteiger partial charge in [0.15, 0.2) is 0 Å². The van der Waals surface area contributed by atoms with Crippen molar-refractivity contribution in [3.63, 3.8) is 0 Å². The van der Waals surface area contributed by atoms with Gasteiger partial charge < -0.3 is 10.2 Å². The zero-order chi connectivity index (χ0) is 11.5. The molecule has 0 spiro atoms. The summed E-state index contributed by atoms with van der Waals surface area (Å²) >= 11 is 11.6. The van der Waals surface area contributed by atoms with E-state index in [4.69, 9.17) is 28.3 Å². The molecule has 0 radical (unpaired) electrons. The maximum atomic E-state index is 10.1. The fraction of sp³-hybridized carbons (Fsp3) is 0.455. The monoisotopic (exact) mass is 248 g/mol. The molecule has 0 saturated heterocycles. The summed E-state index contributed by atoms with van der Waals surface area (Å²) in [5.74, 6) is 0. The second-order valence-corrected chi connectivity index (χ2v) is 4.54. The van der Waals surface area contributed by atoms with E-state index in [0.717, 1.165) is 0 Å². The molecule has 15 heavy (non-hydrogen) atoms. The Balaban J connectivity index is 2.89. The molecule has 0 aliphatic rings. The molecule has 0 bridgehead atoms. The van der Waals surface area contributed by atoms with Crippen LogP contribution in [0.5, 0.6) is 0 Å². The van der Waals surface area contributed by atoms with Crippen molar-refractivity contribution in [3.05, 3.63) is 33.8 Å². The summed E-state index contributed by atoms with van der Waals surface area (Å²) in [6, 6.07) is 5.06. The molecule has 0 fully saturated rings. The molecule has 1 rings (SSSR count). The van der Waals surface area contributed by atoms with E-state index in [1.165, 1.54) is 0 Å². The van der Waals surface area contributed by atoms with Crippen LogP contribution in [0.15, 0.2) is 18.2 Å². The Bertz CT molecular complexity index is 337. The van der Waals surface area contributed by atoms with Crippen molar-refractivity contribution in [3.8, 4) is 0 Å². The molecule has 0 saturated carbocycles. The smallest absolute Gasteiger partial charge is 0.0869 e. The topological polar surface area (TPSA) is 40.5 Å². The Hall–Kier alpha value is -0.280. The lowest BCUT2D eigenvalue weighted by Gasteiger charge is -2.23. The number of benzene rings is 1. The molecule has 2 nitrogen and oxygen atoms in total. The number of halogens is 2. The predicted molar refractivity (Wildman–Crippen MR) is 62.4 cm³/mol. The molecule has 1 aromatic rings. The third-order valence-corrected chi connectivity index (χ3v) is 3.10. The number of hydrogen-bond donors (Lipinski definition) is 2. The number of hydrogen-bond acceptors (Lipinski definition) is 2. The minimum atomic E-state index is -0.975. The molecular weight excluding hydrogens is 235 g/mol. The van der Waals surface area contributed by atoms with Gasteiger partial charge in [0.1, 0.15) is 0 Å². The van der Waals surface area contributed by atoms with E-state index in [1.54, 1.807) is 25.1 Å². The summed E-state index contributed by atoms with van der Waals surface area (Å²) in [6.45, 7) is 1.76. The van der Waals surface area contributed by atoms with Gasteiger partial charge in [0.25, 0.3) is 0 Å². The van der Waals surface area contributed by atoms with Crippen LogP contribution in [0.3, 0.4) is 0 Å². The maximum absolute atomic E-state index is 10.1. The van der Waals surface area contributed by atoms with Gasteiger partial charge in [-0.25, -0.2) is 0 Å². The summed E-state index contributed by atoms with van der Waals surface area (Å²) in [5.41, 5.74) is -0.262. The third kappa shape index (κ3) is 3.35. The molecule has 0 aromatic heterocycles. The Morgan fingerprint density at radius 2 is 1.93 bits per heavy atom. The van der Waals surface area contributed by atoms with E-state index in [-0.39, 0.29) is 6.61 Å². The van der Waals surface area contributed by atoms with Gasteiger partial charge in [-0.15, -0.1) is 0 Å². The van der Waals surface area contributed by atoms with Crippen LogP contribution >= 0.6 is 23.2 Å². The molecule has 0 aliphatic carbocycles. The minimum absolute atomic E-state index is 0.0669. The lowest BCUT2D eigenvalue weighted by Crippen LogP contribution is -2.21. The van der Waals surface area contributed by atoms with E-state index >= 15 is 0 Å². The molecule has 0 heterocycles. The van der Waals surface area contributed by atoms with Gasteiger partial charge in [0.05, 0.1) is 15.6 Å². The zero-order valence-corrected chi connectivity index (χ0v) is 10.0. The summed E-state index contributed by atoms with van der Waals surface area (Å²) in [5, 5.41) is 19.7. The Labute approximate surface area is 99.5 Å². The molecule has 1 atom stereocenters. The van der Waals surface area contributed by atoms with Crippen LogP contribution in [-0.4, -0.2) is 16.8 Å². The maximum Gasteiger partial charge on any atom is 0.0869 e. The van der Waals surface area contributed by atoms with Gasteiger partial charge in [0, 0.05) is 6.61 Å². The zero-order valence-electron chi connectivity index (χ0n) is 8.50. The van der Waals surface area contributed by atoms with Crippen LogP contribution in [0.25, 0.3) is 0 Å². The molecule has 2 N–H and O–H groups in total. The average molecular weight is 249 g/mol. The summed E-state index contributed by atoms with van der Waals surface area (Å²) in [7, 11) is 0. The van der Waals surface area contributed by atoms with E-state index in [0.29, 0.717) is 28.5 Å². The lowest BCUT2D eigenvalue weighted by atomic mass is 9.91. The normalized spacial score (nSPS) is 15.0. The van der Waals surface area contributed by atoms with Crippen molar-refractivity contribution in [2.45, 2.75) is 25.4 Å². The molecule has 1 aromatic carbocycles. The number of aliphatic hydroxyl groups excluding tert-OH is 1. The Morgan fingerprint density at radius 3 is 2.47 bits per heavy atom. The molecule has 0 aliphatic heterocycles. The molecule has 84 valence electrons. The Kier molecular flexibility index (Phi) is 4.41. The molecule has 4 heteroatoms. The standard InChI is InChI=1S/C11H14Cl2O2/c1-11(15,5-2-6-14)8-3-4-9(12)10(13)7-8/h3-4,7,14-15H,2,5-6H2,1H3. The predicted octanol–water partition coefficient (Wildman–Crippen LogP) is 2.97. The molecular formula is C11H14Cl2O2. The average Bonchev–Trinajstić information content (AvgIpc) is 2.19. The van der Waals surface area contributed by atoms with E-state index in [1.807, 2.05) is 0 Å². The van der Waals surface area contributed by atoms with Crippen LogP contribution in [0.2, 0.25) is 10.0 Å². The lowest BCUT2D eigenvalue weighted by molar-refractivity contribution is 0.0403. The van der Waals surface area contributed by atoms with Crippen LogP contribution in [0.1, 0.15) is 25.3 Å². The number of aliphatic hydroxyl groups is 2. The summed E-state index contributed by atoms with van der Waals surface area (Å²) in [4.78, 5) is 0. The van der Waals surface area contributed by atoms with Crippen LogP contribution < -0.4 is 0 Å². The highest BCUT2D eigenvalue weighted by Gasteiger charge is 2.22. The second-order valence-electron chi connectivity index (χ2n) is 3.73. The van der Waals surface area contributed by atoms with E-state index < -0.39 is 5.60 Å². The van der Waals surface area contributed by atoms with Crippen molar-refractivity contribution in [1.82, 2.24) is 0 Å². The highest BCUT2D eigenvalue weighted by atomic mass is 35.5. The van der Waals surface area contributed by atoms with Crippen molar-refractivity contribution < 1.29 is 10.2 Å².